The van der Waals surface area contributed by atoms with Crippen LogP contribution in [-0.4, -0.2) is 19.4 Å². The third-order valence-corrected chi connectivity index (χ3v) is 1.69. The number of carbonyl (C=O) groups excluding carboxylic acids is 1. The zero-order valence-corrected chi connectivity index (χ0v) is 6.80. The second-order valence-electron chi connectivity index (χ2n) is 2.54. The third kappa shape index (κ3) is 1.56. The van der Waals surface area contributed by atoms with E-state index in [0.29, 0.717) is 18.0 Å². The van der Waals surface area contributed by atoms with E-state index in [-0.39, 0.29) is 6.61 Å². The molecule has 2 rings (SSSR count). The predicted octanol–water partition coefficient (Wildman–Crippen LogP) is 0.957. The topological polar surface area (TPSA) is 44.8 Å². The molecule has 13 heavy (non-hydrogen) atoms. The van der Waals surface area contributed by atoms with Crippen molar-refractivity contribution in [2.24, 2.45) is 0 Å². The van der Waals surface area contributed by atoms with Crippen molar-refractivity contribution in [1.82, 2.24) is 0 Å². The number of hydrogen-bond donors (Lipinski definition) is 0. The smallest absolute Gasteiger partial charge is 0.296 e. The number of para-hydroxylation sites is 2. The molecule has 4 heteroatoms. The van der Waals surface area contributed by atoms with E-state index in [2.05, 4.69) is 4.74 Å². The van der Waals surface area contributed by atoms with Gasteiger partial charge in [0.1, 0.15) is 0 Å². The molecule has 4 nitrogen and oxygen atoms in total. The first kappa shape index (κ1) is 7.91. The summed E-state index contributed by atoms with van der Waals surface area (Å²) >= 11 is 0. The van der Waals surface area contributed by atoms with Gasteiger partial charge < -0.3 is 14.2 Å². The van der Waals surface area contributed by atoms with Gasteiger partial charge in [0, 0.05) is 0 Å². The molecule has 0 saturated carbocycles. The van der Waals surface area contributed by atoms with Crippen LogP contribution in [0, 0.1) is 0 Å². The number of carbonyl (C=O) groups is 1. The van der Waals surface area contributed by atoms with E-state index in [1.807, 2.05) is 12.1 Å². The lowest BCUT2D eigenvalue weighted by atomic mass is 10.3. The van der Waals surface area contributed by atoms with Crippen molar-refractivity contribution >= 4 is 6.47 Å². The van der Waals surface area contributed by atoms with E-state index >= 15 is 0 Å². The Balaban J connectivity index is 2.15. The van der Waals surface area contributed by atoms with Crippen LogP contribution in [0.15, 0.2) is 24.3 Å². The Hall–Kier alpha value is -1.71. The SMILES string of the molecule is O=COC1COc2ccccc2O1. The van der Waals surface area contributed by atoms with Crippen LogP contribution < -0.4 is 9.47 Å². The molecule has 1 aliphatic heterocycles. The van der Waals surface area contributed by atoms with Crippen LogP contribution in [-0.2, 0) is 9.53 Å². The summed E-state index contributed by atoms with van der Waals surface area (Å²) in [6.45, 7) is 0.581. The van der Waals surface area contributed by atoms with Crippen molar-refractivity contribution in [1.29, 1.82) is 0 Å². The first-order chi connectivity index (χ1) is 6.40. The summed E-state index contributed by atoms with van der Waals surface area (Å²) in [6, 6.07) is 7.23. The largest absolute Gasteiger partial charge is 0.482 e. The highest BCUT2D eigenvalue weighted by molar-refractivity contribution is 5.41. The van der Waals surface area contributed by atoms with Crippen LogP contribution in [0.25, 0.3) is 0 Å². The zero-order chi connectivity index (χ0) is 9.10. The van der Waals surface area contributed by atoms with E-state index in [0.717, 1.165) is 0 Å². The molecular formula is C9H8O4. The Morgan fingerprint density at radius 2 is 2.15 bits per heavy atom. The maximum atomic E-state index is 10.0. The number of fused-ring (bicyclic) bond motifs is 1. The van der Waals surface area contributed by atoms with Gasteiger partial charge in [-0.05, 0) is 12.1 Å². The van der Waals surface area contributed by atoms with Crippen molar-refractivity contribution in [3.63, 3.8) is 0 Å². The second-order valence-corrected chi connectivity index (χ2v) is 2.54. The Morgan fingerprint density at radius 3 is 2.92 bits per heavy atom. The maximum absolute atomic E-state index is 10.0. The molecule has 0 bridgehead atoms. The van der Waals surface area contributed by atoms with E-state index in [9.17, 15) is 4.79 Å². The fraction of sp³-hybridized carbons (Fsp3) is 0.222. The lowest BCUT2D eigenvalue weighted by Crippen LogP contribution is -2.31. The van der Waals surface area contributed by atoms with Gasteiger partial charge >= 0.3 is 0 Å². The van der Waals surface area contributed by atoms with Crippen molar-refractivity contribution in [3.8, 4) is 11.5 Å². The Labute approximate surface area is 75.0 Å². The highest BCUT2D eigenvalue weighted by Crippen LogP contribution is 2.30. The lowest BCUT2D eigenvalue weighted by molar-refractivity contribution is -0.155. The van der Waals surface area contributed by atoms with Gasteiger partial charge in [0.05, 0.1) is 0 Å². The summed E-state index contributed by atoms with van der Waals surface area (Å²) in [5.74, 6) is 1.27. The number of hydrogen-bond acceptors (Lipinski definition) is 4. The van der Waals surface area contributed by atoms with Crippen molar-refractivity contribution in [2.45, 2.75) is 6.29 Å². The molecule has 1 heterocycles. The standard InChI is InChI=1S/C9H8O4/c10-6-12-9-5-11-7-3-1-2-4-8(7)13-9/h1-4,6,9H,5H2. The molecule has 1 aliphatic rings. The van der Waals surface area contributed by atoms with Gasteiger partial charge in [-0.15, -0.1) is 0 Å². The van der Waals surface area contributed by atoms with Gasteiger partial charge in [-0.3, -0.25) is 4.79 Å². The second kappa shape index (κ2) is 3.35. The minimum atomic E-state index is -0.632. The Bertz CT molecular complexity index is 310. The summed E-state index contributed by atoms with van der Waals surface area (Å²) in [5.41, 5.74) is 0. The molecular weight excluding hydrogens is 172 g/mol. The molecule has 1 aromatic carbocycles. The van der Waals surface area contributed by atoms with E-state index in [4.69, 9.17) is 9.47 Å². The number of rotatable bonds is 2. The summed E-state index contributed by atoms with van der Waals surface area (Å²) < 4.78 is 15.2. The fourth-order valence-corrected chi connectivity index (χ4v) is 1.13. The summed E-state index contributed by atoms with van der Waals surface area (Å²) in [6.07, 6.45) is -0.632. The third-order valence-electron chi connectivity index (χ3n) is 1.69. The minimum Gasteiger partial charge on any atom is -0.482 e. The molecule has 0 fully saturated rings. The van der Waals surface area contributed by atoms with Gasteiger partial charge in [-0.25, -0.2) is 0 Å². The summed E-state index contributed by atoms with van der Waals surface area (Å²) in [7, 11) is 0. The minimum absolute atomic E-state index is 0.232. The summed E-state index contributed by atoms with van der Waals surface area (Å²) in [4.78, 5) is 10.0. The first-order valence-electron chi connectivity index (χ1n) is 3.88. The molecule has 0 saturated heterocycles. The lowest BCUT2D eigenvalue weighted by Gasteiger charge is -2.24. The normalized spacial score (nSPS) is 19.2. The van der Waals surface area contributed by atoms with Crippen LogP contribution in [0.2, 0.25) is 0 Å². The monoisotopic (exact) mass is 180 g/mol. The van der Waals surface area contributed by atoms with Crippen LogP contribution in [0.3, 0.4) is 0 Å². The molecule has 1 unspecified atom stereocenters. The highest BCUT2D eigenvalue weighted by Gasteiger charge is 2.20. The maximum Gasteiger partial charge on any atom is 0.296 e. The molecule has 0 spiro atoms. The molecule has 1 aromatic rings. The van der Waals surface area contributed by atoms with Gasteiger partial charge in [-0.2, -0.15) is 0 Å². The zero-order valence-electron chi connectivity index (χ0n) is 6.80. The molecule has 0 radical (unpaired) electrons. The van der Waals surface area contributed by atoms with Crippen molar-refractivity contribution < 1.29 is 19.0 Å². The summed E-state index contributed by atoms with van der Waals surface area (Å²) in [5, 5.41) is 0. The molecule has 0 aliphatic carbocycles. The van der Waals surface area contributed by atoms with Gasteiger partial charge in [0.2, 0.25) is 0 Å². The highest BCUT2D eigenvalue weighted by atomic mass is 16.7. The van der Waals surface area contributed by atoms with E-state index < -0.39 is 6.29 Å². The van der Waals surface area contributed by atoms with Gasteiger partial charge in [0.15, 0.2) is 18.1 Å². The average Bonchev–Trinajstić information content (AvgIpc) is 2.18. The molecule has 0 aromatic heterocycles. The van der Waals surface area contributed by atoms with Gasteiger partial charge in [-0.1, -0.05) is 12.1 Å². The number of benzene rings is 1. The van der Waals surface area contributed by atoms with Crippen LogP contribution in [0.1, 0.15) is 0 Å². The predicted molar refractivity (Wildman–Crippen MR) is 43.5 cm³/mol. The Kier molecular flexibility index (Phi) is 2.04. The van der Waals surface area contributed by atoms with Crippen LogP contribution in [0.5, 0.6) is 11.5 Å². The van der Waals surface area contributed by atoms with Crippen LogP contribution in [0.4, 0.5) is 0 Å². The average molecular weight is 180 g/mol. The molecule has 0 amide bonds. The van der Waals surface area contributed by atoms with Crippen molar-refractivity contribution in [2.75, 3.05) is 6.61 Å². The number of ether oxygens (including phenoxy) is 3. The van der Waals surface area contributed by atoms with Crippen molar-refractivity contribution in [3.05, 3.63) is 24.3 Å². The molecule has 1 atom stereocenters. The first-order valence-corrected chi connectivity index (χ1v) is 3.88. The molecule has 0 N–H and O–H groups in total. The Morgan fingerprint density at radius 1 is 1.38 bits per heavy atom. The fourth-order valence-electron chi connectivity index (χ4n) is 1.13. The van der Waals surface area contributed by atoms with E-state index in [1.165, 1.54) is 0 Å². The van der Waals surface area contributed by atoms with E-state index in [1.54, 1.807) is 12.1 Å². The van der Waals surface area contributed by atoms with Crippen LogP contribution >= 0.6 is 0 Å². The quantitative estimate of drug-likeness (QED) is 0.636. The van der Waals surface area contributed by atoms with Gasteiger partial charge in [0.25, 0.3) is 12.8 Å². The molecule has 68 valence electrons.